The third-order valence-electron chi connectivity index (χ3n) is 4.62. The Morgan fingerprint density at radius 1 is 1.24 bits per heavy atom. The van der Waals surface area contributed by atoms with E-state index in [2.05, 4.69) is 0 Å². The second-order valence-corrected chi connectivity index (χ2v) is 7.28. The van der Waals surface area contributed by atoms with Crippen LogP contribution in [0.4, 0.5) is 0 Å². The number of hydrogen-bond donors (Lipinski definition) is 1. The van der Waals surface area contributed by atoms with Gasteiger partial charge in [0, 0.05) is 30.4 Å². The minimum atomic E-state index is -0.803. The highest BCUT2D eigenvalue weighted by Gasteiger charge is 2.28. The van der Waals surface area contributed by atoms with Crippen LogP contribution in [0.15, 0.2) is 29.6 Å². The van der Waals surface area contributed by atoms with Crippen LogP contribution in [0.1, 0.15) is 23.2 Å². The Morgan fingerprint density at radius 2 is 1.96 bits per heavy atom. The number of aliphatic carboxylic acids is 1. The Bertz CT molecular complexity index is 808. The van der Waals surface area contributed by atoms with Crippen LogP contribution in [0, 0.1) is 5.92 Å². The van der Waals surface area contributed by atoms with Crippen LogP contribution < -0.4 is 0 Å². The lowest BCUT2D eigenvalue weighted by Gasteiger charge is -2.31. The summed E-state index contributed by atoms with van der Waals surface area (Å²) in [6.45, 7) is 0.857. The molecule has 6 nitrogen and oxygen atoms in total. The van der Waals surface area contributed by atoms with Gasteiger partial charge in [0.15, 0.2) is 0 Å². The Balaban J connectivity index is 1.59. The van der Waals surface area contributed by atoms with Gasteiger partial charge in [0.1, 0.15) is 0 Å². The number of likely N-dealkylation sites (N-methyl/N-ethyl adjacent to an activating group) is 1. The van der Waals surface area contributed by atoms with Crippen molar-refractivity contribution in [2.45, 2.75) is 12.8 Å². The van der Waals surface area contributed by atoms with Gasteiger partial charge in [-0.2, -0.15) is 0 Å². The number of thiophene rings is 1. The molecule has 0 aliphatic carbocycles. The number of carboxylic acids is 1. The summed E-state index contributed by atoms with van der Waals surface area (Å²) in [4.78, 5) is 39.0. The van der Waals surface area contributed by atoms with Gasteiger partial charge in [0.2, 0.25) is 5.91 Å². The van der Waals surface area contributed by atoms with Crippen LogP contribution in [-0.4, -0.2) is 59.4 Å². The normalized spacial score (nSPS) is 15.3. The number of benzene rings is 1. The number of carboxylic acid groups (broad SMARTS) is 1. The highest BCUT2D eigenvalue weighted by molar-refractivity contribution is 7.17. The van der Waals surface area contributed by atoms with Gasteiger partial charge in [-0.1, -0.05) is 0 Å². The minimum Gasteiger partial charge on any atom is -0.481 e. The molecule has 1 aromatic heterocycles. The van der Waals surface area contributed by atoms with Gasteiger partial charge in [-0.15, -0.1) is 11.3 Å². The zero-order valence-electron chi connectivity index (χ0n) is 14.0. The monoisotopic (exact) mass is 360 g/mol. The van der Waals surface area contributed by atoms with Crippen LogP contribution in [0.3, 0.4) is 0 Å². The molecule has 25 heavy (non-hydrogen) atoms. The second kappa shape index (κ2) is 7.23. The van der Waals surface area contributed by atoms with Gasteiger partial charge in [-0.25, -0.2) is 0 Å². The zero-order valence-corrected chi connectivity index (χ0v) is 14.8. The molecule has 2 heterocycles. The van der Waals surface area contributed by atoms with E-state index in [4.69, 9.17) is 5.11 Å². The van der Waals surface area contributed by atoms with Crippen LogP contribution in [0.5, 0.6) is 0 Å². The number of hydrogen-bond acceptors (Lipinski definition) is 4. The van der Waals surface area contributed by atoms with Crippen LogP contribution >= 0.6 is 11.3 Å². The van der Waals surface area contributed by atoms with Crippen molar-refractivity contribution >= 4 is 39.2 Å². The van der Waals surface area contributed by atoms with Crippen molar-refractivity contribution < 1.29 is 19.5 Å². The van der Waals surface area contributed by atoms with Crippen molar-refractivity contribution in [3.05, 3.63) is 35.2 Å². The largest absolute Gasteiger partial charge is 0.481 e. The topological polar surface area (TPSA) is 77.9 Å². The maximum absolute atomic E-state index is 12.6. The number of likely N-dealkylation sites (tertiary alicyclic amines) is 1. The first-order chi connectivity index (χ1) is 12.0. The van der Waals surface area contributed by atoms with Gasteiger partial charge in [0.25, 0.3) is 5.91 Å². The summed E-state index contributed by atoms with van der Waals surface area (Å²) in [5.41, 5.74) is 0.561. The fraction of sp³-hybridized carbons (Fsp3) is 0.389. The average molecular weight is 360 g/mol. The first kappa shape index (κ1) is 17.4. The Kier molecular flexibility index (Phi) is 5.03. The summed E-state index contributed by atoms with van der Waals surface area (Å²) in [5.74, 6) is -1.51. The molecule has 1 fully saturated rings. The molecule has 3 rings (SSSR count). The smallest absolute Gasteiger partial charge is 0.306 e. The van der Waals surface area contributed by atoms with Crippen molar-refractivity contribution in [3.63, 3.8) is 0 Å². The summed E-state index contributed by atoms with van der Waals surface area (Å²) in [6, 6.07) is 7.50. The molecule has 0 atom stereocenters. The van der Waals surface area contributed by atoms with Gasteiger partial charge in [0.05, 0.1) is 12.5 Å². The highest BCUT2D eigenvalue weighted by atomic mass is 32.1. The van der Waals surface area contributed by atoms with Crippen LogP contribution in [0.2, 0.25) is 0 Å². The first-order valence-electron chi connectivity index (χ1n) is 8.19. The molecule has 0 unspecified atom stereocenters. The molecule has 132 valence electrons. The molecule has 0 bridgehead atoms. The molecule has 0 spiro atoms. The van der Waals surface area contributed by atoms with E-state index in [-0.39, 0.29) is 24.3 Å². The van der Waals surface area contributed by atoms with E-state index >= 15 is 0 Å². The summed E-state index contributed by atoms with van der Waals surface area (Å²) in [6.07, 6.45) is 0.932. The molecule has 1 aliphatic rings. The lowest BCUT2D eigenvalue weighted by molar-refractivity contribution is -0.145. The molecule has 2 amide bonds. The first-order valence-corrected chi connectivity index (χ1v) is 9.07. The quantitative estimate of drug-likeness (QED) is 0.907. The maximum atomic E-state index is 12.6. The predicted octanol–water partition coefficient (Wildman–Crippen LogP) is 2.30. The van der Waals surface area contributed by atoms with E-state index in [0.29, 0.717) is 31.5 Å². The summed E-state index contributed by atoms with van der Waals surface area (Å²) < 4.78 is 1.12. The summed E-state index contributed by atoms with van der Waals surface area (Å²) in [7, 11) is 1.61. The standard InChI is InChI=1S/C18H20N2O4S/c1-19(11-16(21)20-7-4-12(5-8-20)18(23)24)17(22)14-2-3-15-13(10-14)6-9-25-15/h2-3,6,9-10,12H,4-5,7-8,11H2,1H3,(H,23,24). The summed E-state index contributed by atoms with van der Waals surface area (Å²) in [5, 5.41) is 12.0. The van der Waals surface area contributed by atoms with Gasteiger partial charge in [-0.3, -0.25) is 14.4 Å². The Labute approximate surface area is 149 Å². The molecule has 1 aliphatic heterocycles. The number of fused-ring (bicyclic) bond motifs is 1. The molecule has 2 aromatic rings. The van der Waals surface area contributed by atoms with Crippen molar-refractivity contribution in [3.8, 4) is 0 Å². The Morgan fingerprint density at radius 3 is 2.64 bits per heavy atom. The lowest BCUT2D eigenvalue weighted by Crippen LogP contribution is -2.45. The van der Waals surface area contributed by atoms with E-state index in [1.165, 1.54) is 4.90 Å². The fourth-order valence-corrected chi connectivity index (χ4v) is 3.84. The van der Waals surface area contributed by atoms with Crippen molar-refractivity contribution in [2.75, 3.05) is 26.7 Å². The van der Waals surface area contributed by atoms with E-state index in [1.807, 2.05) is 23.6 Å². The zero-order chi connectivity index (χ0) is 18.0. The van der Waals surface area contributed by atoms with Gasteiger partial charge >= 0.3 is 5.97 Å². The number of carbonyl (C=O) groups excluding carboxylic acids is 2. The van der Waals surface area contributed by atoms with Crippen molar-refractivity contribution in [1.29, 1.82) is 0 Å². The van der Waals surface area contributed by atoms with E-state index < -0.39 is 5.97 Å². The van der Waals surface area contributed by atoms with Crippen LogP contribution in [-0.2, 0) is 9.59 Å². The number of amides is 2. The molecule has 1 saturated heterocycles. The van der Waals surface area contributed by atoms with Gasteiger partial charge in [-0.05, 0) is 47.9 Å². The van der Waals surface area contributed by atoms with E-state index in [9.17, 15) is 14.4 Å². The molecule has 0 radical (unpaired) electrons. The fourth-order valence-electron chi connectivity index (χ4n) is 3.07. The molecule has 1 aromatic carbocycles. The average Bonchev–Trinajstić information content (AvgIpc) is 3.08. The predicted molar refractivity (Wildman–Crippen MR) is 95.7 cm³/mol. The number of carbonyl (C=O) groups is 3. The summed E-state index contributed by atoms with van der Waals surface area (Å²) >= 11 is 1.62. The molecule has 7 heteroatoms. The van der Waals surface area contributed by atoms with Crippen LogP contribution in [0.25, 0.3) is 10.1 Å². The third-order valence-corrected chi connectivity index (χ3v) is 5.51. The second-order valence-electron chi connectivity index (χ2n) is 6.33. The molecule has 1 N–H and O–H groups in total. The third kappa shape index (κ3) is 3.82. The van der Waals surface area contributed by atoms with E-state index in [0.717, 1.165) is 10.1 Å². The van der Waals surface area contributed by atoms with E-state index in [1.54, 1.807) is 29.4 Å². The highest BCUT2D eigenvalue weighted by Crippen LogP contribution is 2.22. The lowest BCUT2D eigenvalue weighted by atomic mass is 9.97. The SMILES string of the molecule is CN(CC(=O)N1CCC(C(=O)O)CC1)C(=O)c1ccc2sccc2c1. The number of piperidine rings is 1. The molecular formula is C18H20N2O4S. The molecule has 0 saturated carbocycles. The molecular weight excluding hydrogens is 340 g/mol. The Hall–Kier alpha value is -2.41. The van der Waals surface area contributed by atoms with Gasteiger partial charge < -0.3 is 14.9 Å². The number of nitrogens with zero attached hydrogens (tertiary/aromatic N) is 2. The van der Waals surface area contributed by atoms with Crippen molar-refractivity contribution in [1.82, 2.24) is 9.80 Å². The van der Waals surface area contributed by atoms with Crippen molar-refractivity contribution in [2.24, 2.45) is 5.92 Å². The minimum absolute atomic E-state index is 0.00174. The maximum Gasteiger partial charge on any atom is 0.306 e. The number of rotatable bonds is 4.